The van der Waals surface area contributed by atoms with Crippen LogP contribution in [0.4, 0.5) is 8.78 Å². The summed E-state index contributed by atoms with van der Waals surface area (Å²) < 4.78 is 26.3. The van der Waals surface area contributed by atoms with Crippen molar-refractivity contribution in [3.8, 4) is 11.1 Å². The van der Waals surface area contributed by atoms with Gasteiger partial charge in [-0.25, -0.2) is 18.7 Å². The highest BCUT2D eigenvalue weighted by Gasteiger charge is 2.15. The molecule has 0 saturated carbocycles. The lowest BCUT2D eigenvalue weighted by atomic mass is 10.1. The van der Waals surface area contributed by atoms with E-state index in [9.17, 15) is 13.6 Å². The van der Waals surface area contributed by atoms with Gasteiger partial charge < -0.3 is 10.3 Å². The van der Waals surface area contributed by atoms with Crippen LogP contribution in [-0.4, -0.2) is 38.2 Å². The molecule has 0 bridgehead atoms. The number of H-pyrrole nitrogens is 1. The number of nitrogens with zero attached hydrogens (tertiary/aromatic N) is 3. The lowest BCUT2D eigenvalue weighted by Gasteiger charge is -2.06. The topological polar surface area (TPSA) is 75.1 Å². The van der Waals surface area contributed by atoms with E-state index in [2.05, 4.69) is 20.3 Å². The Morgan fingerprint density at radius 3 is 2.96 bits per heavy atom. The molecule has 26 heavy (non-hydrogen) atoms. The van der Waals surface area contributed by atoms with E-state index in [4.69, 9.17) is 0 Å². The van der Waals surface area contributed by atoms with E-state index in [1.165, 1.54) is 6.20 Å². The second-order valence-electron chi connectivity index (χ2n) is 6.00. The molecule has 0 atom stereocenters. The molecule has 2 N–H and O–H groups in total. The van der Waals surface area contributed by atoms with Crippen LogP contribution >= 0.6 is 0 Å². The van der Waals surface area contributed by atoms with Crippen molar-refractivity contribution in [1.29, 1.82) is 0 Å². The molecule has 4 heterocycles. The first-order valence-electron chi connectivity index (χ1n) is 8.00. The molecule has 4 aromatic heterocycles. The van der Waals surface area contributed by atoms with E-state index in [0.29, 0.717) is 5.65 Å². The first-order valence-corrected chi connectivity index (χ1v) is 8.00. The molecule has 132 valence electrons. The third kappa shape index (κ3) is 2.79. The lowest BCUT2D eigenvalue weighted by Crippen LogP contribution is -2.29. The number of fused-ring (bicyclic) bond motifs is 2. The number of imidazole rings is 1. The zero-order valence-electron chi connectivity index (χ0n) is 13.8. The molecule has 0 spiro atoms. The van der Waals surface area contributed by atoms with Gasteiger partial charge in [0.15, 0.2) is 0 Å². The summed E-state index contributed by atoms with van der Waals surface area (Å²) in [5.74, 6) is -0.591. The van der Waals surface area contributed by atoms with Gasteiger partial charge in [-0.2, -0.15) is 0 Å². The average Bonchev–Trinajstić information content (AvgIpc) is 3.22. The van der Waals surface area contributed by atoms with Gasteiger partial charge in [-0.15, -0.1) is 0 Å². The molecule has 1 amide bonds. The number of hydrogen-bond donors (Lipinski definition) is 2. The van der Waals surface area contributed by atoms with Crippen molar-refractivity contribution in [3.05, 3.63) is 54.2 Å². The number of hydrogen-bond acceptors (Lipinski definition) is 3. The second-order valence-corrected chi connectivity index (χ2v) is 6.00. The fourth-order valence-electron chi connectivity index (χ4n) is 2.91. The van der Waals surface area contributed by atoms with Crippen LogP contribution in [0.25, 0.3) is 27.8 Å². The highest BCUT2D eigenvalue weighted by molar-refractivity contribution is 5.95. The van der Waals surface area contributed by atoms with Gasteiger partial charge in [-0.05, 0) is 30.7 Å². The number of aryl methyl sites for hydroxylation is 1. The minimum atomic E-state index is -2.60. The monoisotopic (exact) mass is 355 g/mol. The summed E-state index contributed by atoms with van der Waals surface area (Å²) in [6, 6.07) is 5.71. The van der Waals surface area contributed by atoms with Gasteiger partial charge in [-0.3, -0.25) is 9.20 Å². The zero-order valence-corrected chi connectivity index (χ0v) is 13.8. The predicted molar refractivity (Wildman–Crippen MR) is 93.4 cm³/mol. The van der Waals surface area contributed by atoms with E-state index in [1.54, 1.807) is 22.9 Å². The molecule has 0 fully saturated rings. The Labute approximate surface area is 146 Å². The predicted octanol–water partition coefficient (Wildman–Crippen LogP) is 3.18. The van der Waals surface area contributed by atoms with Crippen LogP contribution in [0.15, 0.2) is 43.0 Å². The maximum atomic E-state index is 12.3. The number of aromatic nitrogens is 4. The van der Waals surface area contributed by atoms with Gasteiger partial charge in [0.05, 0.1) is 12.7 Å². The van der Waals surface area contributed by atoms with Crippen molar-refractivity contribution in [2.45, 2.75) is 13.3 Å². The van der Waals surface area contributed by atoms with Crippen molar-refractivity contribution in [1.82, 2.24) is 24.7 Å². The number of carbonyl (C=O) groups excluding carboxylic acids is 1. The number of carbonyl (C=O) groups is 1. The largest absolute Gasteiger partial charge is 0.346 e. The number of aromatic amines is 1. The normalized spacial score (nSPS) is 11.5. The average molecular weight is 355 g/mol. The minimum absolute atomic E-state index is 0.205. The summed E-state index contributed by atoms with van der Waals surface area (Å²) in [6.07, 6.45) is 4.18. The maximum absolute atomic E-state index is 12.3. The Kier molecular flexibility index (Phi) is 3.87. The summed E-state index contributed by atoms with van der Waals surface area (Å²) in [5, 5.41) is 3.17. The SMILES string of the molecule is Cc1cnc2[nH]cc(-c3ccc4ncc(C(=O)NCC(F)F)n4c3)c2c1. The summed E-state index contributed by atoms with van der Waals surface area (Å²) in [4.78, 5) is 23.8. The molecule has 0 aliphatic rings. The molecule has 4 aromatic rings. The molecular formula is C18H15F2N5O. The van der Waals surface area contributed by atoms with Gasteiger partial charge in [0.2, 0.25) is 0 Å². The smallest absolute Gasteiger partial charge is 0.270 e. The van der Waals surface area contributed by atoms with Crippen LogP contribution < -0.4 is 5.32 Å². The fraction of sp³-hybridized carbons (Fsp3) is 0.167. The van der Waals surface area contributed by atoms with Crippen LogP contribution in [0.3, 0.4) is 0 Å². The standard InChI is InChI=1S/C18H15F2N5O/c1-10-4-12-13(6-23-17(12)22-5-10)11-2-3-16-21-7-14(25(16)9-11)18(26)24-8-15(19)20/h2-7,9,15H,8H2,1H3,(H,22,23)(H,24,26). The number of alkyl halides is 2. The highest BCUT2D eigenvalue weighted by Crippen LogP contribution is 2.28. The van der Waals surface area contributed by atoms with Crippen LogP contribution in [0, 0.1) is 6.92 Å². The van der Waals surface area contributed by atoms with Gasteiger partial charge in [-0.1, -0.05) is 0 Å². The number of halogens is 2. The molecule has 0 saturated heterocycles. The fourth-order valence-corrected chi connectivity index (χ4v) is 2.91. The van der Waals surface area contributed by atoms with E-state index < -0.39 is 18.9 Å². The Morgan fingerprint density at radius 1 is 1.31 bits per heavy atom. The van der Waals surface area contributed by atoms with E-state index >= 15 is 0 Å². The summed E-state index contributed by atoms with van der Waals surface area (Å²) in [6.45, 7) is 1.27. The Hall–Kier alpha value is -3.29. The van der Waals surface area contributed by atoms with Crippen LogP contribution in [0.2, 0.25) is 0 Å². The Balaban J connectivity index is 1.78. The minimum Gasteiger partial charge on any atom is -0.346 e. The third-order valence-corrected chi connectivity index (χ3v) is 4.13. The quantitative estimate of drug-likeness (QED) is 0.590. The second kappa shape index (κ2) is 6.21. The summed E-state index contributed by atoms with van der Waals surface area (Å²) in [7, 11) is 0. The van der Waals surface area contributed by atoms with Gasteiger partial charge in [0.25, 0.3) is 12.3 Å². The van der Waals surface area contributed by atoms with E-state index in [1.807, 2.05) is 25.3 Å². The van der Waals surface area contributed by atoms with Crippen LogP contribution in [0.1, 0.15) is 16.1 Å². The van der Waals surface area contributed by atoms with E-state index in [-0.39, 0.29) is 5.69 Å². The first-order chi connectivity index (χ1) is 12.5. The number of rotatable bonds is 4. The van der Waals surface area contributed by atoms with Gasteiger partial charge in [0, 0.05) is 35.1 Å². The number of pyridine rings is 2. The molecular weight excluding hydrogens is 340 g/mol. The van der Waals surface area contributed by atoms with Crippen molar-refractivity contribution >= 4 is 22.6 Å². The molecule has 0 aliphatic heterocycles. The highest BCUT2D eigenvalue weighted by atomic mass is 19.3. The van der Waals surface area contributed by atoms with E-state index in [0.717, 1.165) is 27.7 Å². The van der Waals surface area contributed by atoms with Crippen molar-refractivity contribution < 1.29 is 13.6 Å². The molecule has 0 aliphatic carbocycles. The number of amides is 1. The lowest BCUT2D eigenvalue weighted by molar-refractivity contribution is 0.0886. The molecule has 0 aromatic carbocycles. The number of nitrogens with one attached hydrogen (secondary N) is 2. The van der Waals surface area contributed by atoms with Crippen LogP contribution in [0.5, 0.6) is 0 Å². The van der Waals surface area contributed by atoms with Crippen molar-refractivity contribution in [2.24, 2.45) is 0 Å². The molecule has 6 nitrogen and oxygen atoms in total. The summed E-state index contributed by atoms with van der Waals surface area (Å²) >= 11 is 0. The third-order valence-electron chi connectivity index (χ3n) is 4.13. The Morgan fingerprint density at radius 2 is 2.15 bits per heavy atom. The Bertz CT molecular complexity index is 1120. The van der Waals surface area contributed by atoms with Crippen molar-refractivity contribution in [2.75, 3.05) is 6.54 Å². The maximum Gasteiger partial charge on any atom is 0.270 e. The summed E-state index contributed by atoms with van der Waals surface area (Å²) in [5.41, 5.74) is 4.37. The zero-order chi connectivity index (χ0) is 18.3. The molecule has 0 radical (unpaired) electrons. The van der Waals surface area contributed by atoms with Crippen molar-refractivity contribution in [3.63, 3.8) is 0 Å². The molecule has 8 heteroatoms. The van der Waals surface area contributed by atoms with Crippen LogP contribution in [-0.2, 0) is 0 Å². The molecule has 0 unspecified atom stereocenters. The molecule has 4 rings (SSSR count). The first kappa shape index (κ1) is 16.2. The van der Waals surface area contributed by atoms with Gasteiger partial charge in [0.1, 0.15) is 17.0 Å². The van der Waals surface area contributed by atoms with Gasteiger partial charge >= 0.3 is 0 Å².